The Hall–Kier alpha value is -2.41. The molecule has 116 valence electrons. The SMILES string of the molecule is CC(C)C(C(=O)Nc1nc(O)c(C(N)=O)s1)c1ccccc1. The number of nitrogens with zero attached hydrogens (tertiary/aromatic N) is 1. The monoisotopic (exact) mass is 319 g/mol. The van der Waals surface area contributed by atoms with Gasteiger partial charge in [-0.15, -0.1) is 0 Å². The van der Waals surface area contributed by atoms with Gasteiger partial charge in [-0.1, -0.05) is 55.5 Å². The first-order valence-corrected chi connectivity index (χ1v) is 7.57. The van der Waals surface area contributed by atoms with Crippen LogP contribution in [0.3, 0.4) is 0 Å². The Morgan fingerprint density at radius 2 is 1.91 bits per heavy atom. The second-order valence-electron chi connectivity index (χ2n) is 5.16. The van der Waals surface area contributed by atoms with Gasteiger partial charge in [-0.05, 0) is 11.5 Å². The topological polar surface area (TPSA) is 105 Å². The van der Waals surface area contributed by atoms with Gasteiger partial charge in [-0.25, -0.2) is 0 Å². The first-order chi connectivity index (χ1) is 10.4. The summed E-state index contributed by atoms with van der Waals surface area (Å²) >= 11 is 0.853. The summed E-state index contributed by atoms with van der Waals surface area (Å²) in [4.78, 5) is 27.3. The first-order valence-electron chi connectivity index (χ1n) is 6.75. The van der Waals surface area contributed by atoms with Crippen molar-refractivity contribution in [2.75, 3.05) is 5.32 Å². The average molecular weight is 319 g/mol. The molecule has 1 heterocycles. The molecule has 2 amide bonds. The Morgan fingerprint density at radius 1 is 1.27 bits per heavy atom. The lowest BCUT2D eigenvalue weighted by atomic mass is 9.88. The van der Waals surface area contributed by atoms with Crippen LogP contribution in [-0.4, -0.2) is 21.9 Å². The van der Waals surface area contributed by atoms with Crippen molar-refractivity contribution in [3.8, 4) is 5.88 Å². The molecular weight excluding hydrogens is 302 g/mol. The van der Waals surface area contributed by atoms with Crippen LogP contribution in [-0.2, 0) is 4.79 Å². The highest BCUT2D eigenvalue weighted by molar-refractivity contribution is 7.18. The lowest BCUT2D eigenvalue weighted by Gasteiger charge is -2.19. The quantitative estimate of drug-likeness (QED) is 0.786. The number of aromatic nitrogens is 1. The fourth-order valence-corrected chi connectivity index (χ4v) is 2.92. The van der Waals surface area contributed by atoms with E-state index in [1.54, 1.807) is 0 Å². The molecule has 0 aliphatic rings. The third kappa shape index (κ3) is 3.43. The minimum absolute atomic E-state index is 0.0730. The molecule has 6 nitrogen and oxygen atoms in total. The highest BCUT2D eigenvalue weighted by Crippen LogP contribution is 2.30. The Bertz CT molecular complexity index is 683. The van der Waals surface area contributed by atoms with Gasteiger partial charge in [0.2, 0.25) is 11.8 Å². The van der Waals surface area contributed by atoms with Crippen LogP contribution in [0.15, 0.2) is 30.3 Å². The molecule has 1 unspecified atom stereocenters. The van der Waals surface area contributed by atoms with Gasteiger partial charge in [0.1, 0.15) is 0 Å². The average Bonchev–Trinajstić information content (AvgIpc) is 2.80. The number of hydrogen-bond acceptors (Lipinski definition) is 5. The molecule has 2 rings (SSSR count). The van der Waals surface area contributed by atoms with Gasteiger partial charge in [-0.3, -0.25) is 9.59 Å². The predicted octanol–water partition coefficient (Wildman–Crippen LogP) is 2.33. The van der Waals surface area contributed by atoms with Crippen molar-refractivity contribution in [3.05, 3.63) is 40.8 Å². The summed E-state index contributed by atoms with van der Waals surface area (Å²) in [5.41, 5.74) is 6.01. The maximum absolute atomic E-state index is 12.5. The molecule has 1 atom stereocenters. The van der Waals surface area contributed by atoms with Gasteiger partial charge in [0.25, 0.3) is 5.91 Å². The number of thiazole rings is 1. The predicted molar refractivity (Wildman–Crippen MR) is 84.9 cm³/mol. The third-order valence-electron chi connectivity index (χ3n) is 3.17. The molecule has 1 aromatic carbocycles. The number of benzene rings is 1. The van der Waals surface area contributed by atoms with E-state index < -0.39 is 11.8 Å². The van der Waals surface area contributed by atoms with Gasteiger partial charge in [-0.2, -0.15) is 4.98 Å². The Labute approximate surface area is 132 Å². The summed E-state index contributed by atoms with van der Waals surface area (Å²) in [5.74, 6) is -1.77. The maximum atomic E-state index is 12.5. The van der Waals surface area contributed by atoms with Crippen molar-refractivity contribution in [3.63, 3.8) is 0 Å². The van der Waals surface area contributed by atoms with Gasteiger partial charge < -0.3 is 16.2 Å². The van der Waals surface area contributed by atoms with Crippen LogP contribution in [0.5, 0.6) is 5.88 Å². The number of nitrogens with one attached hydrogen (secondary N) is 1. The number of carbonyl (C=O) groups is 2. The van der Waals surface area contributed by atoms with Crippen molar-refractivity contribution in [2.24, 2.45) is 11.7 Å². The number of hydrogen-bond donors (Lipinski definition) is 3. The summed E-state index contributed by atoms with van der Waals surface area (Å²) in [6, 6.07) is 9.41. The number of aromatic hydroxyl groups is 1. The second kappa shape index (κ2) is 6.57. The fourth-order valence-electron chi connectivity index (χ4n) is 2.21. The molecule has 0 bridgehead atoms. The van der Waals surface area contributed by atoms with Gasteiger partial charge in [0, 0.05) is 0 Å². The largest absolute Gasteiger partial charge is 0.492 e. The summed E-state index contributed by atoms with van der Waals surface area (Å²) in [6.07, 6.45) is 0. The molecule has 22 heavy (non-hydrogen) atoms. The van der Waals surface area contributed by atoms with Crippen molar-refractivity contribution in [2.45, 2.75) is 19.8 Å². The molecule has 0 spiro atoms. The van der Waals surface area contributed by atoms with Crippen molar-refractivity contribution < 1.29 is 14.7 Å². The van der Waals surface area contributed by atoms with E-state index in [-0.39, 0.29) is 27.8 Å². The van der Waals surface area contributed by atoms with Gasteiger partial charge in [0.15, 0.2) is 10.0 Å². The summed E-state index contributed by atoms with van der Waals surface area (Å²) < 4.78 is 0. The first kappa shape index (κ1) is 16.0. The minimum atomic E-state index is -0.779. The van der Waals surface area contributed by atoms with Crippen LogP contribution in [0.2, 0.25) is 0 Å². The standard InChI is InChI=1S/C15H17N3O3S/c1-8(2)10(9-6-4-3-5-7-9)13(20)17-15-18-14(21)11(22-15)12(16)19/h3-8,10,21H,1-2H3,(H2,16,19)(H,17,18,20). The van der Waals surface area contributed by atoms with E-state index in [4.69, 9.17) is 5.73 Å². The lowest BCUT2D eigenvalue weighted by Crippen LogP contribution is -2.25. The van der Waals surface area contributed by atoms with E-state index >= 15 is 0 Å². The molecule has 7 heteroatoms. The number of carbonyl (C=O) groups excluding carboxylic acids is 2. The van der Waals surface area contributed by atoms with E-state index in [1.165, 1.54) is 0 Å². The number of anilines is 1. The lowest BCUT2D eigenvalue weighted by molar-refractivity contribution is -0.118. The van der Waals surface area contributed by atoms with E-state index in [1.807, 2.05) is 44.2 Å². The summed E-state index contributed by atoms with van der Waals surface area (Å²) in [7, 11) is 0. The molecule has 0 saturated heterocycles. The van der Waals surface area contributed by atoms with E-state index in [0.717, 1.165) is 16.9 Å². The Kier molecular flexibility index (Phi) is 4.77. The second-order valence-corrected chi connectivity index (χ2v) is 6.16. The third-order valence-corrected chi connectivity index (χ3v) is 4.15. The zero-order valence-electron chi connectivity index (χ0n) is 12.2. The Morgan fingerprint density at radius 3 is 2.41 bits per heavy atom. The number of nitrogens with two attached hydrogens (primary N) is 1. The van der Waals surface area contributed by atoms with Crippen LogP contribution in [0, 0.1) is 5.92 Å². The summed E-state index contributed by atoms with van der Waals surface area (Å²) in [6.45, 7) is 3.90. The molecule has 0 fully saturated rings. The molecule has 0 saturated carbocycles. The summed E-state index contributed by atoms with van der Waals surface area (Å²) in [5, 5.41) is 12.3. The molecule has 2 aromatic rings. The molecule has 4 N–H and O–H groups in total. The zero-order chi connectivity index (χ0) is 16.3. The van der Waals surface area contributed by atoms with Gasteiger partial charge >= 0.3 is 0 Å². The molecule has 0 radical (unpaired) electrons. The van der Waals surface area contributed by atoms with Crippen LogP contribution in [0.25, 0.3) is 0 Å². The van der Waals surface area contributed by atoms with Gasteiger partial charge in [0.05, 0.1) is 5.92 Å². The smallest absolute Gasteiger partial charge is 0.264 e. The number of rotatable bonds is 5. The molecule has 0 aliphatic heterocycles. The number of amides is 2. The Balaban J connectivity index is 2.22. The van der Waals surface area contributed by atoms with E-state index in [0.29, 0.717) is 0 Å². The van der Waals surface area contributed by atoms with E-state index in [9.17, 15) is 14.7 Å². The van der Waals surface area contributed by atoms with Crippen molar-refractivity contribution >= 4 is 28.3 Å². The van der Waals surface area contributed by atoms with Crippen LogP contribution in [0.4, 0.5) is 5.13 Å². The van der Waals surface area contributed by atoms with Crippen LogP contribution < -0.4 is 11.1 Å². The maximum Gasteiger partial charge on any atom is 0.264 e. The zero-order valence-corrected chi connectivity index (χ0v) is 13.1. The molecule has 1 aromatic heterocycles. The van der Waals surface area contributed by atoms with Crippen molar-refractivity contribution in [1.29, 1.82) is 0 Å². The fraction of sp³-hybridized carbons (Fsp3) is 0.267. The van der Waals surface area contributed by atoms with E-state index in [2.05, 4.69) is 10.3 Å². The highest BCUT2D eigenvalue weighted by atomic mass is 32.1. The number of primary amides is 1. The minimum Gasteiger partial charge on any atom is -0.492 e. The molecular formula is C15H17N3O3S. The van der Waals surface area contributed by atoms with Crippen LogP contribution in [0.1, 0.15) is 35.0 Å². The van der Waals surface area contributed by atoms with Crippen LogP contribution >= 0.6 is 11.3 Å². The highest BCUT2D eigenvalue weighted by Gasteiger charge is 2.25. The molecule has 0 aliphatic carbocycles. The normalized spacial score (nSPS) is 12.1. The van der Waals surface area contributed by atoms with Crippen molar-refractivity contribution in [1.82, 2.24) is 4.98 Å².